The Kier molecular flexibility index (Phi) is 8.52. The summed E-state index contributed by atoms with van der Waals surface area (Å²) in [5, 5.41) is 12.2. The van der Waals surface area contributed by atoms with Crippen LogP contribution in [-0.4, -0.2) is 24.1 Å². The maximum atomic E-state index is 5.32. The van der Waals surface area contributed by atoms with Crippen molar-refractivity contribution < 1.29 is 0 Å². The molecule has 68 heavy (non-hydrogen) atoms. The Labute approximate surface area is 391 Å². The molecule has 0 saturated carbocycles. The molecule has 0 aliphatic carbocycles. The van der Waals surface area contributed by atoms with Crippen molar-refractivity contribution in [3.63, 3.8) is 0 Å². The first-order valence-electron chi connectivity index (χ1n) is 23.1. The van der Waals surface area contributed by atoms with Crippen LogP contribution < -0.4 is 0 Å². The molecule has 0 amide bonds. The molecule has 0 aliphatic rings. The zero-order chi connectivity index (χ0) is 44.7. The van der Waals surface area contributed by atoms with Gasteiger partial charge in [0, 0.05) is 38.4 Å². The monoisotopic (exact) mass is 865 g/mol. The molecule has 0 spiro atoms. The van der Waals surface area contributed by atoms with Gasteiger partial charge < -0.3 is 4.57 Å². The predicted octanol–water partition coefficient (Wildman–Crippen LogP) is 16.2. The van der Waals surface area contributed by atoms with Crippen LogP contribution in [-0.2, 0) is 0 Å². The Morgan fingerprint density at radius 2 is 0.676 bits per heavy atom. The summed E-state index contributed by atoms with van der Waals surface area (Å²) in [7, 11) is 0. The van der Waals surface area contributed by atoms with Crippen molar-refractivity contribution in [1.29, 1.82) is 0 Å². The minimum atomic E-state index is 0.560. The highest BCUT2D eigenvalue weighted by Gasteiger charge is 2.24. The van der Waals surface area contributed by atoms with Crippen LogP contribution in [0.3, 0.4) is 0 Å². The van der Waals surface area contributed by atoms with Gasteiger partial charge in [-0.3, -0.25) is 4.57 Å². The van der Waals surface area contributed by atoms with Crippen molar-refractivity contribution in [1.82, 2.24) is 24.1 Å². The van der Waals surface area contributed by atoms with Crippen molar-refractivity contribution in [2.45, 2.75) is 0 Å². The predicted molar refractivity (Wildman–Crippen MR) is 283 cm³/mol. The third kappa shape index (κ3) is 5.86. The maximum Gasteiger partial charge on any atom is 0.238 e. The molecule has 0 aliphatic heterocycles. The first-order chi connectivity index (χ1) is 33.7. The summed E-state index contributed by atoms with van der Waals surface area (Å²) in [5.41, 5.74) is 11.8. The first kappa shape index (κ1) is 38.1. The third-order valence-corrected chi connectivity index (χ3v) is 13.8. The normalized spacial score (nSPS) is 11.8. The molecular formula is C63H39N5. The van der Waals surface area contributed by atoms with Crippen LogP contribution in [0.15, 0.2) is 237 Å². The second-order valence-corrected chi connectivity index (χ2v) is 17.5. The van der Waals surface area contributed by atoms with E-state index >= 15 is 0 Å². The van der Waals surface area contributed by atoms with Crippen molar-refractivity contribution in [2.24, 2.45) is 0 Å². The molecule has 5 nitrogen and oxygen atoms in total. The Balaban J connectivity index is 1.06. The molecule has 11 aromatic carbocycles. The largest absolute Gasteiger partial charge is 0.307 e. The highest BCUT2D eigenvalue weighted by Crippen LogP contribution is 2.44. The molecule has 14 rings (SSSR count). The molecule has 0 atom stereocenters. The lowest BCUT2D eigenvalue weighted by molar-refractivity contribution is 0.953. The highest BCUT2D eigenvalue weighted by molar-refractivity contribution is 6.26. The quantitative estimate of drug-likeness (QED) is 0.156. The number of para-hydroxylation sites is 2. The van der Waals surface area contributed by atoms with E-state index in [1.807, 2.05) is 36.4 Å². The van der Waals surface area contributed by atoms with Gasteiger partial charge in [0.2, 0.25) is 5.95 Å². The minimum Gasteiger partial charge on any atom is -0.307 e. The number of rotatable bonds is 6. The van der Waals surface area contributed by atoms with Crippen molar-refractivity contribution >= 4 is 75.9 Å². The van der Waals surface area contributed by atoms with Crippen molar-refractivity contribution in [2.75, 3.05) is 0 Å². The van der Waals surface area contributed by atoms with Gasteiger partial charge >= 0.3 is 0 Å². The fourth-order valence-corrected chi connectivity index (χ4v) is 10.7. The van der Waals surface area contributed by atoms with Gasteiger partial charge in [-0.05, 0) is 84.9 Å². The van der Waals surface area contributed by atoms with Crippen LogP contribution in [0.4, 0.5) is 0 Å². The molecule has 0 unspecified atom stereocenters. The molecule has 0 saturated heterocycles. The summed E-state index contributed by atoms with van der Waals surface area (Å²) in [4.78, 5) is 15.7. The van der Waals surface area contributed by atoms with Crippen LogP contribution in [0.25, 0.3) is 133 Å². The number of nitrogens with zero attached hydrogens (tertiary/aromatic N) is 5. The van der Waals surface area contributed by atoms with Gasteiger partial charge in [-0.25, -0.2) is 4.98 Å². The number of fused-ring (bicyclic) bond motifs is 13. The Bertz CT molecular complexity index is 4210. The van der Waals surface area contributed by atoms with Gasteiger partial charge in [-0.15, -0.1) is 0 Å². The maximum absolute atomic E-state index is 5.32. The van der Waals surface area contributed by atoms with E-state index in [2.05, 4.69) is 209 Å². The SMILES string of the molecule is c1ccc(-c2nc(-c3ccccc3)nc(-n3c4ccccc4c4ccc5c6ccccc6n(-c6ccc(-c7ccc8c9ccccc9c9ccccc9c8c7)c(-c7ccccc7)c6)c5c43)n2)cc1. The summed E-state index contributed by atoms with van der Waals surface area (Å²) in [5.74, 6) is 1.79. The van der Waals surface area contributed by atoms with E-state index in [0.29, 0.717) is 17.6 Å². The topological polar surface area (TPSA) is 48.5 Å². The van der Waals surface area contributed by atoms with E-state index in [-0.39, 0.29) is 0 Å². The van der Waals surface area contributed by atoms with E-state index in [1.165, 1.54) is 48.8 Å². The summed E-state index contributed by atoms with van der Waals surface area (Å²) in [6.45, 7) is 0. The number of hydrogen-bond donors (Lipinski definition) is 0. The molecule has 3 heterocycles. The summed E-state index contributed by atoms with van der Waals surface area (Å²) >= 11 is 0. The molecule has 0 fully saturated rings. The van der Waals surface area contributed by atoms with Crippen LogP contribution in [0.5, 0.6) is 0 Å². The average Bonchev–Trinajstić information content (AvgIpc) is 3.94. The van der Waals surface area contributed by atoms with E-state index in [4.69, 9.17) is 15.0 Å². The second kappa shape index (κ2) is 15.2. The van der Waals surface area contributed by atoms with Crippen LogP contribution in [0.1, 0.15) is 0 Å². The number of aromatic nitrogens is 5. The summed E-state index contributed by atoms with van der Waals surface area (Å²) < 4.78 is 4.72. The Morgan fingerprint density at radius 3 is 1.24 bits per heavy atom. The lowest BCUT2D eigenvalue weighted by Gasteiger charge is -2.17. The molecule has 0 radical (unpaired) electrons. The first-order valence-corrected chi connectivity index (χ1v) is 23.1. The number of benzene rings is 11. The second-order valence-electron chi connectivity index (χ2n) is 17.5. The van der Waals surface area contributed by atoms with E-state index in [9.17, 15) is 0 Å². The minimum absolute atomic E-state index is 0.560. The van der Waals surface area contributed by atoms with Gasteiger partial charge in [0.05, 0.1) is 22.1 Å². The fraction of sp³-hybridized carbons (Fsp3) is 0. The Hall–Kier alpha value is -9.19. The van der Waals surface area contributed by atoms with E-state index in [1.54, 1.807) is 0 Å². The summed E-state index contributed by atoms with van der Waals surface area (Å²) in [6, 6.07) is 84.8. The molecule has 0 N–H and O–H groups in total. The standard InChI is InChI=1S/C63H39N5/c1-4-18-40(19-5-1)55-39-44(33-35-45(55)43-32-34-50-48-26-11-10-24-46(48)47-25-12-13-27-49(47)56(50)38-43)67-57-30-16-14-28-51(57)53-36-37-54-52-29-15-17-31-58(52)68(60(54)59(53)67)63-65-61(41-20-6-2-7-21-41)64-62(66-63)42-22-8-3-9-23-42/h1-39H. The average molecular weight is 866 g/mol. The lowest BCUT2D eigenvalue weighted by atomic mass is 9.89. The van der Waals surface area contributed by atoms with Crippen molar-refractivity contribution in [3.05, 3.63) is 237 Å². The summed E-state index contributed by atoms with van der Waals surface area (Å²) in [6.07, 6.45) is 0. The van der Waals surface area contributed by atoms with Gasteiger partial charge in [0.15, 0.2) is 11.6 Å². The molecule has 14 aromatic rings. The molecule has 0 bridgehead atoms. The molecule has 3 aromatic heterocycles. The zero-order valence-corrected chi connectivity index (χ0v) is 36.8. The van der Waals surface area contributed by atoms with Gasteiger partial charge in [-0.2, -0.15) is 9.97 Å². The van der Waals surface area contributed by atoms with Gasteiger partial charge in [-0.1, -0.05) is 206 Å². The smallest absolute Gasteiger partial charge is 0.238 e. The third-order valence-electron chi connectivity index (χ3n) is 13.8. The van der Waals surface area contributed by atoms with Gasteiger partial charge in [0.25, 0.3) is 0 Å². The highest BCUT2D eigenvalue weighted by atomic mass is 15.2. The zero-order valence-electron chi connectivity index (χ0n) is 36.8. The van der Waals surface area contributed by atoms with Gasteiger partial charge in [0.1, 0.15) is 0 Å². The Morgan fingerprint density at radius 1 is 0.250 bits per heavy atom. The lowest BCUT2D eigenvalue weighted by Crippen LogP contribution is -2.07. The van der Waals surface area contributed by atoms with Crippen LogP contribution >= 0.6 is 0 Å². The van der Waals surface area contributed by atoms with Crippen LogP contribution in [0.2, 0.25) is 0 Å². The molecular weight excluding hydrogens is 827 g/mol. The van der Waals surface area contributed by atoms with E-state index < -0.39 is 0 Å². The molecule has 316 valence electrons. The van der Waals surface area contributed by atoms with Crippen LogP contribution in [0, 0.1) is 0 Å². The molecule has 5 heteroatoms. The van der Waals surface area contributed by atoms with E-state index in [0.717, 1.165) is 66.2 Å². The fourth-order valence-electron chi connectivity index (χ4n) is 10.7. The number of hydrogen-bond acceptors (Lipinski definition) is 3. The van der Waals surface area contributed by atoms with Crippen molar-refractivity contribution in [3.8, 4) is 56.7 Å².